The highest BCUT2D eigenvalue weighted by molar-refractivity contribution is 6.36. The number of rotatable bonds is 3. The molecule has 0 saturated carbocycles. The summed E-state index contributed by atoms with van der Waals surface area (Å²) in [5.74, 6) is -0.897. The Morgan fingerprint density at radius 3 is 2.42 bits per heavy atom. The van der Waals surface area contributed by atoms with Gasteiger partial charge in [0.15, 0.2) is 0 Å². The number of carbonyl (C=O) groups is 2. The van der Waals surface area contributed by atoms with Gasteiger partial charge in [0, 0.05) is 21.4 Å². The van der Waals surface area contributed by atoms with Crippen molar-refractivity contribution < 1.29 is 14.3 Å². The number of benzene rings is 2. The quantitative estimate of drug-likeness (QED) is 0.557. The molecule has 0 aromatic heterocycles. The van der Waals surface area contributed by atoms with Crippen LogP contribution in [0.1, 0.15) is 12.5 Å². The van der Waals surface area contributed by atoms with Crippen LogP contribution in [0.25, 0.3) is 6.08 Å². The number of amides is 1. The lowest BCUT2D eigenvalue weighted by Gasteiger charge is -2.17. The molecule has 0 radical (unpaired) electrons. The molecule has 2 aromatic carbocycles. The van der Waals surface area contributed by atoms with Gasteiger partial charge in [0.1, 0.15) is 0 Å². The Bertz CT molecular complexity index is 949. The van der Waals surface area contributed by atoms with Crippen LogP contribution in [-0.2, 0) is 14.3 Å². The molecule has 1 amide bonds. The number of hydrogen-bond donors (Lipinski definition) is 0. The summed E-state index contributed by atoms with van der Waals surface area (Å²) in [6.07, 6.45) is 1.58. The smallest absolute Gasteiger partial charge is 0.340 e. The SMILES string of the molecule is COC(=O)C1=C(C)N(c2ccccc2)C(=O)/C1=C\c1ccc(Cl)cc1Cl. The summed E-state index contributed by atoms with van der Waals surface area (Å²) in [5.41, 5.74) is 2.20. The number of methoxy groups -OCH3 is 1. The summed E-state index contributed by atoms with van der Waals surface area (Å²) in [5, 5.41) is 0.874. The van der Waals surface area contributed by atoms with Crippen LogP contribution < -0.4 is 4.90 Å². The maximum absolute atomic E-state index is 13.1. The fraction of sp³-hybridized carbons (Fsp3) is 0.100. The second-order valence-electron chi connectivity index (χ2n) is 5.65. The van der Waals surface area contributed by atoms with Crippen LogP contribution in [0.15, 0.2) is 65.4 Å². The average Bonchev–Trinajstić information content (AvgIpc) is 2.87. The van der Waals surface area contributed by atoms with Crippen LogP contribution in [0.4, 0.5) is 5.69 Å². The van der Waals surface area contributed by atoms with Gasteiger partial charge in [-0.15, -0.1) is 0 Å². The lowest BCUT2D eigenvalue weighted by Crippen LogP contribution is -2.24. The number of ether oxygens (including phenoxy) is 1. The first-order valence-electron chi connectivity index (χ1n) is 7.80. The molecule has 3 rings (SSSR count). The van der Waals surface area contributed by atoms with Crippen LogP contribution in [0.5, 0.6) is 0 Å². The number of anilines is 1. The van der Waals surface area contributed by atoms with Crippen molar-refractivity contribution in [3.05, 3.63) is 81.0 Å². The predicted octanol–water partition coefficient (Wildman–Crippen LogP) is 4.87. The van der Waals surface area contributed by atoms with Crippen LogP contribution in [0.2, 0.25) is 10.0 Å². The van der Waals surface area contributed by atoms with Gasteiger partial charge in [-0.1, -0.05) is 47.5 Å². The Hall–Kier alpha value is -2.56. The van der Waals surface area contributed by atoms with Gasteiger partial charge in [-0.3, -0.25) is 9.69 Å². The number of carbonyl (C=O) groups excluding carboxylic acids is 2. The van der Waals surface area contributed by atoms with Gasteiger partial charge in [0.05, 0.1) is 18.3 Å². The van der Waals surface area contributed by atoms with E-state index >= 15 is 0 Å². The maximum atomic E-state index is 13.1. The van der Waals surface area contributed by atoms with E-state index in [4.69, 9.17) is 27.9 Å². The zero-order chi connectivity index (χ0) is 18.8. The molecule has 0 spiro atoms. The Kier molecular flexibility index (Phi) is 5.16. The molecule has 26 heavy (non-hydrogen) atoms. The van der Waals surface area contributed by atoms with Gasteiger partial charge in [-0.2, -0.15) is 0 Å². The van der Waals surface area contributed by atoms with Crippen molar-refractivity contribution in [2.24, 2.45) is 0 Å². The zero-order valence-corrected chi connectivity index (χ0v) is 15.6. The molecule has 0 N–H and O–H groups in total. The first-order chi connectivity index (χ1) is 12.4. The second-order valence-corrected chi connectivity index (χ2v) is 6.50. The first kappa shape index (κ1) is 18.2. The number of nitrogens with zero attached hydrogens (tertiary/aromatic N) is 1. The third-order valence-electron chi connectivity index (χ3n) is 4.07. The van der Waals surface area contributed by atoms with Crippen molar-refractivity contribution >= 4 is 46.8 Å². The summed E-state index contributed by atoms with van der Waals surface area (Å²) in [6.45, 7) is 1.71. The van der Waals surface area contributed by atoms with Crippen molar-refractivity contribution in [1.82, 2.24) is 0 Å². The van der Waals surface area contributed by atoms with E-state index in [2.05, 4.69) is 0 Å². The van der Waals surface area contributed by atoms with Gasteiger partial charge in [-0.05, 0) is 42.8 Å². The minimum absolute atomic E-state index is 0.215. The summed E-state index contributed by atoms with van der Waals surface area (Å²) < 4.78 is 4.88. The third kappa shape index (κ3) is 3.26. The van der Waals surface area contributed by atoms with Crippen LogP contribution in [-0.4, -0.2) is 19.0 Å². The Labute approximate surface area is 161 Å². The van der Waals surface area contributed by atoms with E-state index in [0.717, 1.165) is 0 Å². The van der Waals surface area contributed by atoms with E-state index in [9.17, 15) is 9.59 Å². The van der Waals surface area contributed by atoms with Gasteiger partial charge in [0.25, 0.3) is 5.91 Å². The largest absolute Gasteiger partial charge is 0.465 e. The van der Waals surface area contributed by atoms with Crippen LogP contribution in [0.3, 0.4) is 0 Å². The van der Waals surface area contributed by atoms with Gasteiger partial charge < -0.3 is 4.74 Å². The van der Waals surface area contributed by atoms with Crippen molar-refractivity contribution in [3.63, 3.8) is 0 Å². The standard InChI is InChI=1S/C20H15Cl2NO3/c1-12-18(20(25)26-2)16(10-13-8-9-14(21)11-17(13)22)19(24)23(12)15-6-4-3-5-7-15/h3-11H,1-2H3/b16-10-. The van der Waals surface area contributed by atoms with Crippen LogP contribution in [0, 0.1) is 0 Å². The molecular formula is C20H15Cl2NO3. The molecule has 1 aliphatic heterocycles. The average molecular weight is 388 g/mol. The third-order valence-corrected chi connectivity index (χ3v) is 4.63. The Morgan fingerprint density at radius 2 is 1.81 bits per heavy atom. The summed E-state index contributed by atoms with van der Waals surface area (Å²) in [6, 6.07) is 14.1. The fourth-order valence-electron chi connectivity index (χ4n) is 2.84. The van der Waals surface area contributed by atoms with Gasteiger partial charge >= 0.3 is 5.97 Å². The molecular weight excluding hydrogens is 373 g/mol. The van der Waals surface area contributed by atoms with E-state index in [0.29, 0.717) is 27.0 Å². The van der Waals surface area contributed by atoms with Crippen molar-refractivity contribution in [3.8, 4) is 0 Å². The molecule has 132 valence electrons. The molecule has 0 atom stereocenters. The lowest BCUT2D eigenvalue weighted by molar-refractivity contribution is -0.136. The molecule has 4 nitrogen and oxygen atoms in total. The topological polar surface area (TPSA) is 46.6 Å². The van der Waals surface area contributed by atoms with Crippen molar-refractivity contribution in [2.45, 2.75) is 6.92 Å². The summed E-state index contributed by atoms with van der Waals surface area (Å²) >= 11 is 12.1. The maximum Gasteiger partial charge on any atom is 0.340 e. The Morgan fingerprint density at radius 1 is 1.12 bits per heavy atom. The predicted molar refractivity (Wildman–Crippen MR) is 103 cm³/mol. The van der Waals surface area contributed by atoms with Gasteiger partial charge in [-0.25, -0.2) is 4.79 Å². The lowest BCUT2D eigenvalue weighted by atomic mass is 10.0. The molecule has 6 heteroatoms. The molecule has 1 heterocycles. The number of hydrogen-bond acceptors (Lipinski definition) is 3. The summed E-state index contributed by atoms with van der Waals surface area (Å²) in [7, 11) is 1.28. The van der Waals surface area contributed by atoms with Crippen molar-refractivity contribution in [2.75, 3.05) is 12.0 Å². The van der Waals surface area contributed by atoms with E-state index < -0.39 is 5.97 Å². The first-order valence-corrected chi connectivity index (χ1v) is 8.55. The van der Waals surface area contributed by atoms with E-state index in [-0.39, 0.29) is 17.1 Å². The number of allylic oxidation sites excluding steroid dienone is 1. The highest BCUT2D eigenvalue weighted by Crippen LogP contribution is 2.36. The summed E-state index contributed by atoms with van der Waals surface area (Å²) in [4.78, 5) is 26.9. The van der Waals surface area contributed by atoms with E-state index in [1.807, 2.05) is 18.2 Å². The monoisotopic (exact) mass is 387 g/mol. The Balaban J connectivity index is 2.16. The molecule has 2 aromatic rings. The molecule has 0 bridgehead atoms. The fourth-order valence-corrected chi connectivity index (χ4v) is 3.31. The number of esters is 1. The second kappa shape index (κ2) is 7.36. The van der Waals surface area contributed by atoms with Crippen LogP contribution >= 0.6 is 23.2 Å². The molecule has 1 aliphatic rings. The highest BCUT2D eigenvalue weighted by Gasteiger charge is 2.37. The minimum atomic E-state index is -0.578. The molecule has 0 unspecified atom stereocenters. The highest BCUT2D eigenvalue weighted by atomic mass is 35.5. The minimum Gasteiger partial charge on any atom is -0.465 e. The normalized spacial score (nSPS) is 15.8. The molecule has 0 fully saturated rings. The zero-order valence-electron chi connectivity index (χ0n) is 14.1. The molecule has 0 aliphatic carbocycles. The molecule has 0 saturated heterocycles. The number of halogens is 2. The van der Waals surface area contributed by atoms with Crippen molar-refractivity contribution in [1.29, 1.82) is 0 Å². The van der Waals surface area contributed by atoms with E-state index in [1.54, 1.807) is 43.3 Å². The number of para-hydroxylation sites is 1. The van der Waals surface area contributed by atoms with Gasteiger partial charge in [0.2, 0.25) is 0 Å². The van der Waals surface area contributed by atoms with E-state index in [1.165, 1.54) is 12.0 Å².